The molecule has 1 N–H and O–H groups in total. The quantitative estimate of drug-likeness (QED) is 0.531. The summed E-state index contributed by atoms with van der Waals surface area (Å²) in [5.74, 6) is -0.0286. The number of thiophene rings is 1. The number of rotatable bonds is 7. The van der Waals surface area contributed by atoms with Crippen molar-refractivity contribution in [3.63, 3.8) is 0 Å². The molecule has 6 nitrogen and oxygen atoms in total. The molecule has 0 radical (unpaired) electrons. The Bertz CT molecular complexity index is 1130. The molecule has 2 saturated heterocycles. The summed E-state index contributed by atoms with van der Waals surface area (Å²) in [5, 5.41) is 4.29. The Hall–Kier alpha value is -2.71. The molecule has 3 aromatic rings. The largest absolute Gasteiger partial charge is 0.378 e. The highest BCUT2D eigenvalue weighted by molar-refractivity contribution is 7.18. The third kappa shape index (κ3) is 6.11. The zero-order chi connectivity index (χ0) is 24.0. The van der Waals surface area contributed by atoms with Gasteiger partial charge in [0, 0.05) is 44.8 Å². The highest BCUT2D eigenvalue weighted by atomic mass is 32.1. The lowest BCUT2D eigenvalue weighted by Crippen LogP contribution is -2.40. The zero-order valence-corrected chi connectivity index (χ0v) is 21.1. The minimum Gasteiger partial charge on any atom is -0.378 e. The molecule has 0 bridgehead atoms. The maximum atomic E-state index is 13.2. The first-order valence-electron chi connectivity index (χ1n) is 12.4. The maximum absolute atomic E-state index is 13.2. The van der Waals surface area contributed by atoms with Crippen molar-refractivity contribution >= 4 is 22.2 Å². The normalized spacial score (nSPS) is 19.0. The fraction of sp³-hybridized carbons (Fsp3) is 0.393. The Kier molecular flexibility index (Phi) is 7.79. The molecule has 2 aliphatic heterocycles. The third-order valence-corrected chi connectivity index (χ3v) is 7.69. The van der Waals surface area contributed by atoms with Crippen molar-refractivity contribution in [1.82, 2.24) is 10.2 Å². The Morgan fingerprint density at radius 3 is 2.60 bits per heavy atom. The average Bonchev–Trinajstić information content (AvgIpc) is 3.34. The highest BCUT2D eigenvalue weighted by Gasteiger charge is 2.22. The van der Waals surface area contributed by atoms with Gasteiger partial charge in [-0.1, -0.05) is 54.6 Å². The molecule has 1 atom stereocenters. The van der Waals surface area contributed by atoms with Crippen LogP contribution in [0, 0.1) is 0 Å². The summed E-state index contributed by atoms with van der Waals surface area (Å²) < 4.78 is 11.2. The Morgan fingerprint density at radius 1 is 1.00 bits per heavy atom. The molecule has 0 spiro atoms. The topological polar surface area (TPSA) is 54.0 Å². The number of benzene rings is 2. The van der Waals surface area contributed by atoms with E-state index in [1.165, 1.54) is 5.56 Å². The highest BCUT2D eigenvalue weighted by Crippen LogP contribution is 2.39. The molecular formula is C28H33N3O3S. The summed E-state index contributed by atoms with van der Waals surface area (Å²) >= 11 is 1.57. The van der Waals surface area contributed by atoms with Gasteiger partial charge in [0.1, 0.15) is 0 Å². The number of ether oxygens (including phenoxy) is 2. The van der Waals surface area contributed by atoms with Crippen molar-refractivity contribution in [2.75, 3.05) is 50.9 Å². The van der Waals surface area contributed by atoms with Gasteiger partial charge in [0.25, 0.3) is 5.91 Å². The van der Waals surface area contributed by atoms with E-state index in [0.29, 0.717) is 19.8 Å². The van der Waals surface area contributed by atoms with Crippen molar-refractivity contribution in [3.05, 3.63) is 76.7 Å². The monoisotopic (exact) mass is 491 g/mol. The first-order chi connectivity index (χ1) is 17.2. The summed E-state index contributed by atoms with van der Waals surface area (Å²) in [6, 6.07) is 20.9. The fourth-order valence-electron chi connectivity index (χ4n) is 4.72. The van der Waals surface area contributed by atoms with Gasteiger partial charge < -0.3 is 19.7 Å². The Morgan fingerprint density at radius 2 is 1.80 bits per heavy atom. The zero-order valence-electron chi connectivity index (χ0n) is 20.2. The van der Waals surface area contributed by atoms with Gasteiger partial charge in [0.2, 0.25) is 0 Å². The standard InChI is InChI=1S/C28H33N3O3S/c1-21-19-30(10-15-34-21)20-23-7-5-6-22(16-23)18-29-27(32)26-17-25(24-8-3-2-4-9-24)28(35-26)31-11-13-33-14-12-31/h2-9,16-17,21H,10-15,18-20H2,1H3,(H,29,32). The van der Waals surface area contributed by atoms with Gasteiger partial charge in [-0.05, 0) is 29.7 Å². The predicted octanol–water partition coefficient (Wildman–Crippen LogP) is 4.40. The van der Waals surface area contributed by atoms with Gasteiger partial charge >= 0.3 is 0 Å². The smallest absolute Gasteiger partial charge is 0.261 e. The van der Waals surface area contributed by atoms with Crippen molar-refractivity contribution in [2.24, 2.45) is 0 Å². The number of morpholine rings is 2. The first kappa shape index (κ1) is 24.0. The van der Waals surface area contributed by atoms with Crippen LogP contribution in [0.3, 0.4) is 0 Å². The molecule has 184 valence electrons. The summed E-state index contributed by atoms with van der Waals surface area (Å²) in [5.41, 5.74) is 4.63. The van der Waals surface area contributed by atoms with Crippen molar-refractivity contribution < 1.29 is 14.3 Å². The van der Waals surface area contributed by atoms with E-state index >= 15 is 0 Å². The molecule has 35 heavy (non-hydrogen) atoms. The minimum atomic E-state index is -0.0286. The second kappa shape index (κ2) is 11.4. The molecular weight excluding hydrogens is 458 g/mol. The summed E-state index contributed by atoms with van der Waals surface area (Å²) in [7, 11) is 0. The molecule has 0 saturated carbocycles. The van der Waals surface area contributed by atoms with Gasteiger partial charge in [0.05, 0.1) is 35.8 Å². The van der Waals surface area contributed by atoms with Crippen LogP contribution >= 0.6 is 11.3 Å². The Labute approximate surface area is 211 Å². The molecule has 1 aromatic heterocycles. The van der Waals surface area contributed by atoms with E-state index in [9.17, 15) is 4.79 Å². The van der Waals surface area contributed by atoms with Crippen molar-refractivity contribution in [2.45, 2.75) is 26.1 Å². The predicted molar refractivity (Wildman–Crippen MR) is 141 cm³/mol. The van der Waals surface area contributed by atoms with Crippen LogP contribution in [0.25, 0.3) is 11.1 Å². The second-order valence-electron chi connectivity index (χ2n) is 9.21. The van der Waals surface area contributed by atoms with Crippen molar-refractivity contribution in [3.8, 4) is 11.1 Å². The van der Waals surface area contributed by atoms with Gasteiger partial charge in [-0.3, -0.25) is 9.69 Å². The van der Waals surface area contributed by atoms with Gasteiger partial charge in [0.15, 0.2) is 0 Å². The number of carbonyl (C=O) groups excluding carboxylic acids is 1. The van der Waals surface area contributed by atoms with Crippen LogP contribution in [0.5, 0.6) is 0 Å². The summed E-state index contributed by atoms with van der Waals surface area (Å²) in [4.78, 5) is 18.7. The van der Waals surface area contributed by atoms with Crippen LogP contribution in [0.15, 0.2) is 60.7 Å². The molecule has 2 aliphatic rings. The third-order valence-electron chi connectivity index (χ3n) is 6.50. The Balaban J connectivity index is 1.27. The number of carbonyl (C=O) groups is 1. The minimum absolute atomic E-state index is 0.0286. The lowest BCUT2D eigenvalue weighted by molar-refractivity contribution is -0.0212. The van der Waals surface area contributed by atoms with E-state index in [1.54, 1.807) is 11.3 Å². The van der Waals surface area contributed by atoms with Crippen LogP contribution in [0.4, 0.5) is 5.00 Å². The van der Waals surface area contributed by atoms with E-state index in [0.717, 1.165) is 65.9 Å². The van der Waals surface area contributed by atoms with E-state index in [2.05, 4.69) is 58.4 Å². The number of amides is 1. The maximum Gasteiger partial charge on any atom is 0.261 e. The molecule has 5 rings (SSSR count). The van der Waals surface area contributed by atoms with Crippen LogP contribution in [0.1, 0.15) is 27.7 Å². The van der Waals surface area contributed by atoms with Crippen LogP contribution in [-0.4, -0.2) is 62.9 Å². The molecule has 0 aliphatic carbocycles. The number of hydrogen-bond donors (Lipinski definition) is 1. The molecule has 3 heterocycles. The lowest BCUT2D eigenvalue weighted by atomic mass is 10.1. The summed E-state index contributed by atoms with van der Waals surface area (Å²) in [6.07, 6.45) is 0.278. The van der Waals surface area contributed by atoms with Crippen LogP contribution in [-0.2, 0) is 22.6 Å². The van der Waals surface area contributed by atoms with Gasteiger partial charge in [-0.25, -0.2) is 0 Å². The molecule has 1 unspecified atom stereocenters. The lowest BCUT2D eigenvalue weighted by Gasteiger charge is -2.31. The van der Waals surface area contributed by atoms with Crippen LogP contribution in [0.2, 0.25) is 0 Å². The van der Waals surface area contributed by atoms with Crippen molar-refractivity contribution in [1.29, 1.82) is 0 Å². The van der Waals surface area contributed by atoms with E-state index < -0.39 is 0 Å². The number of anilines is 1. The fourth-order valence-corrected chi connectivity index (χ4v) is 5.87. The summed E-state index contributed by atoms with van der Waals surface area (Å²) in [6.45, 7) is 9.35. The van der Waals surface area contributed by atoms with E-state index in [1.807, 2.05) is 24.3 Å². The number of hydrogen-bond acceptors (Lipinski definition) is 6. The number of nitrogens with zero attached hydrogens (tertiary/aromatic N) is 2. The molecule has 1 amide bonds. The van der Waals surface area contributed by atoms with Gasteiger partial charge in [-0.15, -0.1) is 11.3 Å². The second-order valence-corrected chi connectivity index (χ2v) is 10.2. The van der Waals surface area contributed by atoms with Gasteiger partial charge in [-0.2, -0.15) is 0 Å². The number of nitrogens with one attached hydrogen (secondary N) is 1. The SMILES string of the molecule is CC1CN(Cc2cccc(CNC(=O)c3cc(-c4ccccc4)c(N4CCOCC4)s3)c2)CCO1. The molecule has 2 aromatic carbocycles. The molecule has 7 heteroatoms. The molecule has 2 fully saturated rings. The van der Waals surface area contributed by atoms with Crippen LogP contribution < -0.4 is 10.2 Å². The first-order valence-corrected chi connectivity index (χ1v) is 13.2. The van der Waals surface area contributed by atoms with E-state index in [4.69, 9.17) is 9.47 Å². The van der Waals surface area contributed by atoms with E-state index in [-0.39, 0.29) is 12.0 Å². The average molecular weight is 492 g/mol.